The SMILES string of the molecule is Cl.Nc1ccc(C(=O)N2CCSCC2)c(Cl)c1. The van der Waals surface area contributed by atoms with Crippen molar-refractivity contribution in [3.63, 3.8) is 0 Å². The van der Waals surface area contributed by atoms with Gasteiger partial charge >= 0.3 is 0 Å². The molecule has 0 unspecified atom stereocenters. The first-order valence-corrected chi connectivity index (χ1v) is 6.64. The summed E-state index contributed by atoms with van der Waals surface area (Å²) >= 11 is 7.88. The zero-order valence-corrected chi connectivity index (χ0v) is 11.6. The van der Waals surface area contributed by atoms with Crippen molar-refractivity contribution in [3.8, 4) is 0 Å². The van der Waals surface area contributed by atoms with Gasteiger partial charge in [-0.3, -0.25) is 4.79 Å². The Hall–Kier alpha value is -0.580. The van der Waals surface area contributed by atoms with E-state index in [0.29, 0.717) is 16.3 Å². The maximum Gasteiger partial charge on any atom is 0.255 e. The van der Waals surface area contributed by atoms with Crippen LogP contribution in [0.4, 0.5) is 5.69 Å². The van der Waals surface area contributed by atoms with E-state index < -0.39 is 0 Å². The minimum atomic E-state index is 0. The van der Waals surface area contributed by atoms with Gasteiger partial charge in [-0.25, -0.2) is 0 Å². The molecule has 1 heterocycles. The Morgan fingerprint density at radius 2 is 2.00 bits per heavy atom. The monoisotopic (exact) mass is 292 g/mol. The third-order valence-electron chi connectivity index (χ3n) is 2.52. The van der Waals surface area contributed by atoms with Crippen molar-refractivity contribution in [1.82, 2.24) is 4.90 Å². The fourth-order valence-corrected chi connectivity index (χ4v) is 2.81. The molecule has 0 saturated carbocycles. The van der Waals surface area contributed by atoms with Crippen LogP contribution in [0, 0.1) is 0 Å². The minimum absolute atomic E-state index is 0. The lowest BCUT2D eigenvalue weighted by molar-refractivity contribution is 0.0772. The third-order valence-corrected chi connectivity index (χ3v) is 3.78. The van der Waals surface area contributed by atoms with Crippen LogP contribution in [0.15, 0.2) is 18.2 Å². The Kier molecular flexibility index (Phi) is 5.43. The lowest BCUT2D eigenvalue weighted by Crippen LogP contribution is -2.38. The summed E-state index contributed by atoms with van der Waals surface area (Å²) in [5.74, 6) is 2.00. The van der Waals surface area contributed by atoms with E-state index in [9.17, 15) is 4.79 Å². The molecule has 1 aliphatic rings. The zero-order chi connectivity index (χ0) is 11.5. The summed E-state index contributed by atoms with van der Waals surface area (Å²) in [7, 11) is 0. The summed E-state index contributed by atoms with van der Waals surface area (Å²) in [5.41, 5.74) is 6.72. The molecule has 3 nitrogen and oxygen atoms in total. The van der Waals surface area contributed by atoms with Gasteiger partial charge < -0.3 is 10.6 Å². The third kappa shape index (κ3) is 3.44. The number of nitrogens with zero attached hydrogens (tertiary/aromatic N) is 1. The van der Waals surface area contributed by atoms with Crippen molar-refractivity contribution in [3.05, 3.63) is 28.8 Å². The van der Waals surface area contributed by atoms with Crippen LogP contribution in [-0.2, 0) is 0 Å². The van der Waals surface area contributed by atoms with Crippen molar-refractivity contribution < 1.29 is 4.79 Å². The van der Waals surface area contributed by atoms with E-state index in [-0.39, 0.29) is 18.3 Å². The molecule has 1 saturated heterocycles. The molecule has 0 radical (unpaired) electrons. The summed E-state index contributed by atoms with van der Waals surface area (Å²) in [4.78, 5) is 14.0. The van der Waals surface area contributed by atoms with Crippen molar-refractivity contribution >= 4 is 47.4 Å². The Balaban J connectivity index is 0.00000144. The molecule has 94 valence electrons. The van der Waals surface area contributed by atoms with Gasteiger partial charge in [0.1, 0.15) is 0 Å². The Labute approximate surface area is 116 Å². The second-order valence-electron chi connectivity index (χ2n) is 3.64. The molecule has 1 fully saturated rings. The van der Waals surface area contributed by atoms with Crippen molar-refractivity contribution in [2.75, 3.05) is 30.3 Å². The van der Waals surface area contributed by atoms with Crippen LogP contribution in [0.3, 0.4) is 0 Å². The largest absolute Gasteiger partial charge is 0.399 e. The van der Waals surface area contributed by atoms with Gasteiger partial charge in [-0.1, -0.05) is 11.6 Å². The number of benzene rings is 1. The molecule has 0 aliphatic carbocycles. The summed E-state index contributed by atoms with van der Waals surface area (Å²) in [5, 5.41) is 0.434. The number of amides is 1. The topological polar surface area (TPSA) is 46.3 Å². The molecule has 1 aromatic carbocycles. The van der Waals surface area contributed by atoms with E-state index in [1.165, 1.54) is 0 Å². The number of hydrogen-bond acceptors (Lipinski definition) is 3. The smallest absolute Gasteiger partial charge is 0.255 e. The highest BCUT2D eigenvalue weighted by Crippen LogP contribution is 2.22. The number of thioether (sulfide) groups is 1. The van der Waals surface area contributed by atoms with Gasteiger partial charge in [-0.15, -0.1) is 12.4 Å². The van der Waals surface area contributed by atoms with E-state index in [2.05, 4.69) is 0 Å². The van der Waals surface area contributed by atoms with Gasteiger partial charge in [0.05, 0.1) is 10.6 Å². The number of carbonyl (C=O) groups is 1. The van der Waals surface area contributed by atoms with Crippen LogP contribution < -0.4 is 5.73 Å². The van der Waals surface area contributed by atoms with E-state index in [1.807, 2.05) is 16.7 Å². The molecule has 0 bridgehead atoms. The highest BCUT2D eigenvalue weighted by atomic mass is 35.5. The lowest BCUT2D eigenvalue weighted by Gasteiger charge is -2.26. The number of carbonyl (C=O) groups excluding carboxylic acids is 1. The van der Waals surface area contributed by atoms with Crippen molar-refractivity contribution in [2.45, 2.75) is 0 Å². The van der Waals surface area contributed by atoms with Crippen LogP contribution in [0.2, 0.25) is 5.02 Å². The summed E-state index contributed by atoms with van der Waals surface area (Å²) in [6.07, 6.45) is 0. The van der Waals surface area contributed by atoms with Gasteiger partial charge in [0, 0.05) is 30.3 Å². The molecule has 0 atom stereocenters. The predicted octanol–water partition coefficient (Wildman–Crippen LogP) is 2.53. The predicted molar refractivity (Wildman–Crippen MR) is 76.3 cm³/mol. The second-order valence-corrected chi connectivity index (χ2v) is 5.28. The molecule has 17 heavy (non-hydrogen) atoms. The fourth-order valence-electron chi connectivity index (χ4n) is 1.64. The molecular formula is C11H14Cl2N2OS. The Bertz CT molecular complexity index is 408. The van der Waals surface area contributed by atoms with Gasteiger partial charge in [0.2, 0.25) is 0 Å². The van der Waals surface area contributed by atoms with Crippen LogP contribution in [0.5, 0.6) is 0 Å². The highest BCUT2D eigenvalue weighted by molar-refractivity contribution is 7.99. The lowest BCUT2D eigenvalue weighted by atomic mass is 10.2. The standard InChI is InChI=1S/C11H13ClN2OS.ClH/c12-10-7-8(13)1-2-9(10)11(15)14-3-5-16-6-4-14;/h1-2,7H,3-6,13H2;1H. The first-order valence-electron chi connectivity index (χ1n) is 5.10. The number of nitrogens with two attached hydrogens (primary N) is 1. The molecular weight excluding hydrogens is 279 g/mol. The molecule has 0 spiro atoms. The van der Waals surface area contributed by atoms with E-state index in [4.69, 9.17) is 17.3 Å². The van der Waals surface area contributed by atoms with Gasteiger partial charge in [-0.05, 0) is 18.2 Å². The van der Waals surface area contributed by atoms with Gasteiger partial charge in [0.15, 0.2) is 0 Å². The number of halogens is 2. The maximum atomic E-state index is 12.1. The Morgan fingerprint density at radius 1 is 1.35 bits per heavy atom. The molecule has 1 aromatic rings. The normalized spacial score (nSPS) is 15.2. The first-order chi connectivity index (χ1) is 7.68. The molecule has 0 aromatic heterocycles. The van der Waals surface area contributed by atoms with Gasteiger partial charge in [-0.2, -0.15) is 11.8 Å². The average molecular weight is 293 g/mol. The second kappa shape index (κ2) is 6.38. The van der Waals surface area contributed by atoms with E-state index in [0.717, 1.165) is 24.6 Å². The van der Waals surface area contributed by atoms with Crippen LogP contribution in [0.25, 0.3) is 0 Å². The fraction of sp³-hybridized carbons (Fsp3) is 0.364. The Morgan fingerprint density at radius 3 is 2.59 bits per heavy atom. The molecule has 2 rings (SSSR count). The van der Waals surface area contributed by atoms with Crippen LogP contribution in [-0.4, -0.2) is 35.4 Å². The average Bonchev–Trinajstić information content (AvgIpc) is 2.29. The number of hydrogen-bond donors (Lipinski definition) is 1. The van der Waals surface area contributed by atoms with Crippen LogP contribution >= 0.6 is 35.8 Å². The summed E-state index contributed by atoms with van der Waals surface area (Å²) < 4.78 is 0. The van der Waals surface area contributed by atoms with Crippen molar-refractivity contribution in [1.29, 1.82) is 0 Å². The summed E-state index contributed by atoms with van der Waals surface area (Å²) in [6, 6.07) is 5.02. The quantitative estimate of drug-likeness (QED) is 0.809. The number of nitrogen functional groups attached to an aromatic ring is 1. The van der Waals surface area contributed by atoms with Crippen molar-refractivity contribution in [2.24, 2.45) is 0 Å². The zero-order valence-electron chi connectivity index (χ0n) is 9.19. The number of rotatable bonds is 1. The molecule has 1 amide bonds. The van der Waals surface area contributed by atoms with E-state index in [1.54, 1.807) is 18.2 Å². The maximum absolute atomic E-state index is 12.1. The molecule has 2 N–H and O–H groups in total. The van der Waals surface area contributed by atoms with E-state index >= 15 is 0 Å². The highest BCUT2D eigenvalue weighted by Gasteiger charge is 2.20. The molecule has 1 aliphatic heterocycles. The summed E-state index contributed by atoms with van der Waals surface area (Å²) in [6.45, 7) is 1.59. The van der Waals surface area contributed by atoms with Gasteiger partial charge in [0.25, 0.3) is 5.91 Å². The molecule has 6 heteroatoms. The minimum Gasteiger partial charge on any atom is -0.399 e. The number of anilines is 1. The van der Waals surface area contributed by atoms with Crippen LogP contribution in [0.1, 0.15) is 10.4 Å². The first kappa shape index (κ1) is 14.5.